The van der Waals surface area contributed by atoms with Crippen LogP contribution in [-0.2, 0) is 9.59 Å². The summed E-state index contributed by atoms with van der Waals surface area (Å²) in [5, 5.41) is 8.09. The summed E-state index contributed by atoms with van der Waals surface area (Å²) in [4.78, 5) is 40.4. The number of thioether (sulfide) groups is 1. The van der Waals surface area contributed by atoms with E-state index in [1.807, 2.05) is 30.3 Å². The molecule has 0 aliphatic carbocycles. The van der Waals surface area contributed by atoms with Crippen LogP contribution >= 0.6 is 39.3 Å². The highest BCUT2D eigenvalue weighted by Crippen LogP contribution is 2.37. The minimum Gasteiger partial charge on any atom is -0.322 e. The molecule has 5 aromatic rings. The van der Waals surface area contributed by atoms with E-state index in [-0.39, 0.29) is 17.3 Å². The van der Waals surface area contributed by atoms with Gasteiger partial charge < -0.3 is 16.0 Å². The molecule has 46 heavy (non-hydrogen) atoms. The number of anilines is 2. The molecule has 0 fully saturated rings. The topological polar surface area (TPSA) is 87.3 Å². The summed E-state index contributed by atoms with van der Waals surface area (Å²) >= 11 is 10.5. The zero-order valence-corrected chi connectivity index (χ0v) is 27.2. The predicted molar refractivity (Wildman–Crippen MR) is 186 cm³/mol. The maximum atomic E-state index is 14.5. The Kier molecular flexibility index (Phi) is 11.0. The number of halogens is 3. The lowest BCUT2D eigenvalue weighted by atomic mass is 10.1. The highest BCUT2D eigenvalue weighted by Gasteiger charge is 2.23. The minimum absolute atomic E-state index is 0.0376. The first kappa shape index (κ1) is 32.7. The van der Waals surface area contributed by atoms with Crippen LogP contribution in [0.4, 0.5) is 15.8 Å². The van der Waals surface area contributed by atoms with Crippen LogP contribution in [0.15, 0.2) is 142 Å². The molecule has 10 heteroatoms. The Morgan fingerprint density at radius 2 is 1.43 bits per heavy atom. The van der Waals surface area contributed by atoms with Crippen LogP contribution in [0.1, 0.15) is 26.7 Å². The molecule has 3 amide bonds. The fraction of sp³-hybridized carbons (Fsp3) is 0.0278. The average Bonchev–Trinajstić information content (AvgIpc) is 3.07. The van der Waals surface area contributed by atoms with Gasteiger partial charge in [0.05, 0.1) is 5.69 Å². The van der Waals surface area contributed by atoms with Gasteiger partial charge in [0.2, 0.25) is 5.91 Å². The number of hydrogen-bond acceptors (Lipinski definition) is 4. The van der Waals surface area contributed by atoms with Crippen molar-refractivity contribution in [3.63, 3.8) is 0 Å². The predicted octanol–water partition coefficient (Wildman–Crippen LogP) is 9.12. The van der Waals surface area contributed by atoms with Crippen molar-refractivity contribution in [2.75, 3.05) is 10.6 Å². The number of carbonyl (C=O) groups excluding carboxylic acids is 3. The van der Waals surface area contributed by atoms with Crippen molar-refractivity contribution in [3.8, 4) is 0 Å². The van der Waals surface area contributed by atoms with Gasteiger partial charge in [0.25, 0.3) is 11.8 Å². The van der Waals surface area contributed by atoms with Crippen molar-refractivity contribution in [2.24, 2.45) is 0 Å². The van der Waals surface area contributed by atoms with Crippen molar-refractivity contribution in [1.29, 1.82) is 0 Å². The van der Waals surface area contributed by atoms with E-state index >= 15 is 0 Å². The third-order valence-corrected chi connectivity index (χ3v) is 8.62. The van der Waals surface area contributed by atoms with E-state index in [9.17, 15) is 18.8 Å². The maximum Gasteiger partial charge on any atom is 0.272 e. The van der Waals surface area contributed by atoms with E-state index in [0.29, 0.717) is 26.3 Å². The molecule has 0 spiro atoms. The Labute approximate surface area is 283 Å². The van der Waals surface area contributed by atoms with Gasteiger partial charge >= 0.3 is 0 Å². The van der Waals surface area contributed by atoms with Crippen LogP contribution in [0, 0.1) is 5.82 Å². The normalized spacial score (nSPS) is 11.8. The van der Waals surface area contributed by atoms with Gasteiger partial charge in [0.1, 0.15) is 16.8 Å². The van der Waals surface area contributed by atoms with E-state index in [2.05, 4.69) is 31.9 Å². The lowest BCUT2D eigenvalue weighted by molar-refractivity contribution is -0.116. The fourth-order valence-corrected chi connectivity index (χ4v) is 5.79. The summed E-state index contributed by atoms with van der Waals surface area (Å²) in [6.45, 7) is 0. The van der Waals surface area contributed by atoms with Gasteiger partial charge in [0.15, 0.2) is 0 Å². The van der Waals surface area contributed by atoms with Gasteiger partial charge in [0, 0.05) is 25.6 Å². The number of amides is 3. The zero-order valence-electron chi connectivity index (χ0n) is 24.0. The second-order valence-corrected chi connectivity index (χ2v) is 12.5. The maximum absolute atomic E-state index is 14.5. The standard InChI is InChI=1S/C36H26BrClFN3O3S/c37-26-13-20-31(30(39)22-26)41-36(45)33(24-7-3-1-4-8-24)46-29-18-16-28(17-19-29)40-35(44)32(21-23-11-14-27(38)15-12-23)42-34(43)25-9-5-2-6-10-25/h1-22,33H,(H,40,44)(H,41,45)(H,42,43)/b32-21-. The molecule has 1 atom stereocenters. The van der Waals surface area contributed by atoms with Gasteiger partial charge in [-0.1, -0.05) is 88.2 Å². The van der Waals surface area contributed by atoms with Gasteiger partial charge in [-0.25, -0.2) is 4.39 Å². The number of carbonyl (C=O) groups is 3. The largest absolute Gasteiger partial charge is 0.322 e. The zero-order chi connectivity index (χ0) is 32.5. The Morgan fingerprint density at radius 3 is 2.09 bits per heavy atom. The monoisotopic (exact) mass is 713 g/mol. The van der Waals surface area contributed by atoms with Crippen molar-refractivity contribution in [1.82, 2.24) is 5.32 Å². The summed E-state index contributed by atoms with van der Waals surface area (Å²) in [6.07, 6.45) is 1.56. The van der Waals surface area contributed by atoms with Crippen molar-refractivity contribution < 1.29 is 18.8 Å². The second kappa shape index (κ2) is 15.5. The van der Waals surface area contributed by atoms with Gasteiger partial charge in [-0.2, -0.15) is 0 Å². The molecule has 5 aromatic carbocycles. The van der Waals surface area contributed by atoms with Crippen LogP contribution in [0.25, 0.3) is 6.08 Å². The molecular formula is C36H26BrClFN3O3S. The minimum atomic E-state index is -0.688. The number of nitrogens with one attached hydrogen (secondary N) is 3. The number of hydrogen-bond donors (Lipinski definition) is 3. The fourth-order valence-electron chi connectivity index (χ4n) is 4.31. The highest BCUT2D eigenvalue weighted by atomic mass is 79.9. The summed E-state index contributed by atoms with van der Waals surface area (Å²) in [5.41, 5.74) is 2.40. The van der Waals surface area contributed by atoms with E-state index in [1.54, 1.807) is 91.0 Å². The molecule has 0 aliphatic rings. The van der Waals surface area contributed by atoms with Crippen LogP contribution in [0.2, 0.25) is 5.02 Å². The Hall–Kier alpha value is -4.70. The molecule has 5 rings (SSSR count). The first-order valence-corrected chi connectivity index (χ1v) is 16.0. The second-order valence-electron chi connectivity index (χ2n) is 9.93. The first-order chi connectivity index (χ1) is 22.2. The molecule has 0 aromatic heterocycles. The summed E-state index contributed by atoms with van der Waals surface area (Å²) in [7, 11) is 0. The average molecular weight is 715 g/mol. The van der Waals surface area contributed by atoms with Crippen molar-refractivity contribution >= 4 is 74.5 Å². The molecule has 0 bridgehead atoms. The molecule has 1 unspecified atom stereocenters. The molecule has 0 heterocycles. The lowest BCUT2D eigenvalue weighted by Gasteiger charge is -2.18. The third kappa shape index (κ3) is 8.94. The Morgan fingerprint density at radius 1 is 0.783 bits per heavy atom. The Balaban J connectivity index is 1.33. The summed E-state index contributed by atoms with van der Waals surface area (Å²) in [6, 6.07) is 36.0. The van der Waals surface area contributed by atoms with E-state index in [1.165, 1.54) is 23.9 Å². The van der Waals surface area contributed by atoms with Gasteiger partial charge in [-0.15, -0.1) is 11.8 Å². The smallest absolute Gasteiger partial charge is 0.272 e. The molecule has 0 saturated heterocycles. The van der Waals surface area contributed by atoms with E-state index < -0.39 is 22.9 Å². The molecule has 3 N–H and O–H groups in total. The van der Waals surface area contributed by atoms with E-state index in [4.69, 9.17) is 11.6 Å². The van der Waals surface area contributed by atoms with Gasteiger partial charge in [-0.05, 0) is 83.9 Å². The van der Waals surface area contributed by atoms with Crippen LogP contribution in [-0.4, -0.2) is 17.7 Å². The third-order valence-electron chi connectivity index (χ3n) is 6.61. The van der Waals surface area contributed by atoms with Crippen LogP contribution in [0.3, 0.4) is 0 Å². The molecular weight excluding hydrogens is 689 g/mol. The Bertz CT molecular complexity index is 1870. The molecule has 0 saturated carbocycles. The number of benzene rings is 5. The van der Waals surface area contributed by atoms with Crippen molar-refractivity contribution in [3.05, 3.63) is 165 Å². The van der Waals surface area contributed by atoms with Crippen molar-refractivity contribution in [2.45, 2.75) is 10.1 Å². The molecule has 6 nitrogen and oxygen atoms in total. The number of rotatable bonds is 10. The summed E-state index contributed by atoms with van der Waals surface area (Å²) < 4.78 is 15.1. The van der Waals surface area contributed by atoms with E-state index in [0.717, 1.165) is 10.5 Å². The molecule has 0 radical (unpaired) electrons. The van der Waals surface area contributed by atoms with Crippen LogP contribution in [0.5, 0.6) is 0 Å². The van der Waals surface area contributed by atoms with Crippen LogP contribution < -0.4 is 16.0 Å². The summed E-state index contributed by atoms with van der Waals surface area (Å²) in [5.74, 6) is -1.90. The first-order valence-electron chi connectivity index (χ1n) is 14.0. The quantitative estimate of drug-likeness (QED) is 0.0995. The van der Waals surface area contributed by atoms with Gasteiger partial charge in [-0.3, -0.25) is 14.4 Å². The lowest BCUT2D eigenvalue weighted by Crippen LogP contribution is -2.30. The molecule has 0 aliphatic heterocycles. The highest BCUT2D eigenvalue weighted by molar-refractivity contribution is 9.10. The SMILES string of the molecule is O=C(Nc1ccc(SC(C(=O)Nc2ccc(Br)cc2F)c2ccccc2)cc1)/C(=C/c1ccc(Cl)cc1)NC(=O)c1ccccc1. The molecule has 230 valence electrons.